The van der Waals surface area contributed by atoms with Gasteiger partial charge in [0.15, 0.2) is 0 Å². The highest BCUT2D eigenvalue weighted by Gasteiger charge is 2.42. The summed E-state index contributed by atoms with van der Waals surface area (Å²) in [4.78, 5) is 25.3. The number of tetrazole rings is 1. The molecule has 1 aromatic heterocycles. The monoisotopic (exact) mass is 301 g/mol. The van der Waals surface area contributed by atoms with Crippen LogP contribution in [0.4, 0.5) is 0 Å². The molecule has 1 saturated heterocycles. The van der Waals surface area contributed by atoms with Crippen molar-refractivity contribution in [2.45, 2.75) is 13.3 Å². The highest BCUT2D eigenvalue weighted by Crippen LogP contribution is 2.31. The van der Waals surface area contributed by atoms with E-state index in [2.05, 4.69) is 15.5 Å². The Hall–Kier alpha value is -2.77. The Kier molecular flexibility index (Phi) is 3.36. The number of carbonyl (C=O) groups excluding carboxylic acids is 1. The molecule has 114 valence electrons. The van der Waals surface area contributed by atoms with Gasteiger partial charge in [0.1, 0.15) is 6.33 Å². The normalized spacial score (nSPS) is 21.0. The van der Waals surface area contributed by atoms with E-state index in [1.165, 1.54) is 11.0 Å². The van der Waals surface area contributed by atoms with Crippen molar-refractivity contribution in [3.05, 3.63) is 36.2 Å². The molecule has 1 atom stereocenters. The van der Waals surface area contributed by atoms with Gasteiger partial charge in [-0.3, -0.25) is 9.59 Å². The molecule has 0 bridgehead atoms. The number of carboxylic acids is 1. The summed E-state index contributed by atoms with van der Waals surface area (Å²) in [5, 5.41) is 20.1. The maximum absolute atomic E-state index is 12.4. The van der Waals surface area contributed by atoms with Crippen molar-refractivity contribution in [2.24, 2.45) is 5.41 Å². The first-order valence-corrected chi connectivity index (χ1v) is 6.86. The molecule has 0 saturated carbocycles. The van der Waals surface area contributed by atoms with Crippen molar-refractivity contribution in [2.75, 3.05) is 13.1 Å². The number of hydrogen-bond donors (Lipinski definition) is 1. The van der Waals surface area contributed by atoms with Crippen LogP contribution in [-0.2, 0) is 4.79 Å². The van der Waals surface area contributed by atoms with Crippen LogP contribution in [0.5, 0.6) is 0 Å². The van der Waals surface area contributed by atoms with Gasteiger partial charge in [-0.2, -0.15) is 0 Å². The second kappa shape index (κ2) is 5.21. The van der Waals surface area contributed by atoms with E-state index in [1.807, 2.05) is 0 Å². The number of hydrogen-bond acceptors (Lipinski definition) is 5. The van der Waals surface area contributed by atoms with Crippen LogP contribution < -0.4 is 0 Å². The maximum atomic E-state index is 12.4. The minimum absolute atomic E-state index is 0.159. The predicted octanol–water partition coefficient (Wildman–Crippen LogP) is 0.599. The molecule has 0 spiro atoms. The lowest BCUT2D eigenvalue weighted by Crippen LogP contribution is -2.34. The zero-order chi connectivity index (χ0) is 15.7. The minimum atomic E-state index is -0.864. The molecule has 1 aliphatic heterocycles. The summed E-state index contributed by atoms with van der Waals surface area (Å²) in [6.07, 6.45) is 1.94. The van der Waals surface area contributed by atoms with Gasteiger partial charge in [-0.1, -0.05) is 0 Å². The van der Waals surface area contributed by atoms with E-state index in [9.17, 15) is 14.7 Å². The molecule has 1 aliphatic rings. The number of likely N-dealkylation sites (tertiary alicyclic amines) is 1. The third-order valence-corrected chi connectivity index (χ3v) is 4.00. The summed E-state index contributed by atoms with van der Waals surface area (Å²) in [5.74, 6) is -1.02. The molecule has 22 heavy (non-hydrogen) atoms. The Morgan fingerprint density at radius 1 is 1.27 bits per heavy atom. The number of benzene rings is 1. The second-order valence-electron chi connectivity index (χ2n) is 5.64. The van der Waals surface area contributed by atoms with Crippen molar-refractivity contribution < 1.29 is 14.7 Å². The molecule has 8 nitrogen and oxygen atoms in total. The number of aliphatic carboxylic acids is 1. The first kappa shape index (κ1) is 14.2. The van der Waals surface area contributed by atoms with E-state index in [-0.39, 0.29) is 12.5 Å². The lowest BCUT2D eigenvalue weighted by atomic mass is 9.90. The quantitative estimate of drug-likeness (QED) is 0.890. The molecule has 1 fully saturated rings. The molecule has 1 aromatic carbocycles. The smallest absolute Gasteiger partial charge is 0.311 e. The fourth-order valence-electron chi connectivity index (χ4n) is 2.53. The van der Waals surface area contributed by atoms with Gasteiger partial charge >= 0.3 is 5.97 Å². The van der Waals surface area contributed by atoms with Gasteiger partial charge in [-0.25, -0.2) is 4.68 Å². The van der Waals surface area contributed by atoms with E-state index >= 15 is 0 Å². The van der Waals surface area contributed by atoms with Crippen molar-refractivity contribution in [1.82, 2.24) is 25.1 Å². The molecule has 8 heteroatoms. The third-order valence-electron chi connectivity index (χ3n) is 4.00. The molecule has 2 aromatic rings. The number of nitrogens with zero attached hydrogens (tertiary/aromatic N) is 5. The molecule has 0 unspecified atom stereocenters. The first-order valence-electron chi connectivity index (χ1n) is 6.86. The third kappa shape index (κ3) is 2.43. The average Bonchev–Trinajstić information content (AvgIpc) is 3.17. The standard InChI is InChI=1S/C14H15N5O3/c1-14(13(21)22)6-7-18(8-14)12(20)10-2-4-11(5-3-10)19-9-15-16-17-19/h2-5,9H,6-8H2,1H3,(H,21,22)/t14-/m0/s1. The number of aromatic nitrogens is 4. The SMILES string of the molecule is C[C@]1(C(=O)O)CCN(C(=O)c2ccc(-n3cnnn3)cc2)C1. The summed E-state index contributed by atoms with van der Waals surface area (Å²) in [6, 6.07) is 6.87. The summed E-state index contributed by atoms with van der Waals surface area (Å²) in [6.45, 7) is 2.36. The summed E-state index contributed by atoms with van der Waals surface area (Å²) >= 11 is 0. The van der Waals surface area contributed by atoms with Gasteiger partial charge in [-0.05, 0) is 48.0 Å². The van der Waals surface area contributed by atoms with Gasteiger partial charge in [-0.15, -0.1) is 5.10 Å². The molecule has 1 amide bonds. The lowest BCUT2D eigenvalue weighted by molar-refractivity contribution is -0.147. The highest BCUT2D eigenvalue weighted by atomic mass is 16.4. The van der Waals surface area contributed by atoms with Crippen LogP contribution in [0.3, 0.4) is 0 Å². The van der Waals surface area contributed by atoms with Crippen LogP contribution >= 0.6 is 0 Å². The van der Waals surface area contributed by atoms with Crippen molar-refractivity contribution >= 4 is 11.9 Å². The zero-order valence-corrected chi connectivity index (χ0v) is 12.0. The van der Waals surface area contributed by atoms with E-state index < -0.39 is 11.4 Å². The van der Waals surface area contributed by atoms with Gasteiger partial charge in [0.2, 0.25) is 0 Å². The number of carboxylic acid groups (broad SMARTS) is 1. The molecule has 0 radical (unpaired) electrons. The van der Waals surface area contributed by atoms with Crippen molar-refractivity contribution in [3.63, 3.8) is 0 Å². The first-order chi connectivity index (χ1) is 10.5. The van der Waals surface area contributed by atoms with E-state index in [0.29, 0.717) is 18.5 Å². The molecular weight excluding hydrogens is 286 g/mol. The van der Waals surface area contributed by atoms with E-state index in [0.717, 1.165) is 5.69 Å². The minimum Gasteiger partial charge on any atom is -0.481 e. The number of carbonyl (C=O) groups is 2. The summed E-state index contributed by atoms with van der Waals surface area (Å²) < 4.78 is 1.49. The lowest BCUT2D eigenvalue weighted by Gasteiger charge is -2.20. The van der Waals surface area contributed by atoms with Crippen LogP contribution in [0.2, 0.25) is 0 Å². The van der Waals surface area contributed by atoms with Crippen LogP contribution in [0, 0.1) is 5.41 Å². The van der Waals surface area contributed by atoms with Gasteiger partial charge < -0.3 is 10.0 Å². The summed E-state index contributed by atoms with van der Waals surface area (Å²) in [7, 11) is 0. The zero-order valence-electron chi connectivity index (χ0n) is 12.0. The largest absolute Gasteiger partial charge is 0.481 e. The number of amides is 1. The Balaban J connectivity index is 1.75. The van der Waals surface area contributed by atoms with Crippen molar-refractivity contribution in [3.8, 4) is 5.69 Å². The fourth-order valence-corrected chi connectivity index (χ4v) is 2.53. The Morgan fingerprint density at radius 2 is 2.00 bits per heavy atom. The number of rotatable bonds is 3. The molecule has 0 aliphatic carbocycles. The van der Waals surface area contributed by atoms with E-state index in [4.69, 9.17) is 0 Å². The Labute approximate surface area is 126 Å². The molecule has 2 heterocycles. The van der Waals surface area contributed by atoms with Gasteiger partial charge in [0, 0.05) is 18.7 Å². The van der Waals surface area contributed by atoms with Crippen LogP contribution in [0.25, 0.3) is 5.69 Å². The topological polar surface area (TPSA) is 101 Å². The predicted molar refractivity (Wildman–Crippen MR) is 75.4 cm³/mol. The van der Waals surface area contributed by atoms with Gasteiger partial charge in [0.25, 0.3) is 5.91 Å². The van der Waals surface area contributed by atoms with Crippen LogP contribution in [0.1, 0.15) is 23.7 Å². The second-order valence-corrected chi connectivity index (χ2v) is 5.64. The molecular formula is C14H15N5O3. The van der Waals surface area contributed by atoms with Crippen LogP contribution in [-0.4, -0.2) is 55.2 Å². The Morgan fingerprint density at radius 3 is 2.55 bits per heavy atom. The van der Waals surface area contributed by atoms with Gasteiger partial charge in [0.05, 0.1) is 11.1 Å². The van der Waals surface area contributed by atoms with Crippen LogP contribution in [0.15, 0.2) is 30.6 Å². The molecule has 3 rings (SSSR count). The average molecular weight is 301 g/mol. The van der Waals surface area contributed by atoms with Crippen molar-refractivity contribution in [1.29, 1.82) is 0 Å². The highest BCUT2D eigenvalue weighted by molar-refractivity contribution is 5.95. The summed E-state index contributed by atoms with van der Waals surface area (Å²) in [5.41, 5.74) is 0.409. The van der Waals surface area contributed by atoms with E-state index in [1.54, 1.807) is 36.1 Å². The Bertz CT molecular complexity index is 698. The maximum Gasteiger partial charge on any atom is 0.311 e. The molecule has 1 N–H and O–H groups in total. The fraction of sp³-hybridized carbons (Fsp3) is 0.357.